The van der Waals surface area contributed by atoms with Crippen LogP contribution < -0.4 is 0 Å². The Hall–Kier alpha value is -4.49. The maximum Gasteiger partial charge on any atom is 0.325 e. The Kier molecular flexibility index (Phi) is 7.96. The van der Waals surface area contributed by atoms with E-state index in [0.29, 0.717) is 11.1 Å². The van der Waals surface area contributed by atoms with Gasteiger partial charge in [-0.1, -0.05) is 54.6 Å². The van der Waals surface area contributed by atoms with Crippen LogP contribution in [0.2, 0.25) is 0 Å². The molecule has 3 aromatic rings. The van der Waals surface area contributed by atoms with Crippen LogP contribution in [0.1, 0.15) is 41.6 Å². The second kappa shape index (κ2) is 11.1. The van der Waals surface area contributed by atoms with Gasteiger partial charge in [-0.2, -0.15) is 10.5 Å². The van der Waals surface area contributed by atoms with Gasteiger partial charge in [-0.3, -0.25) is 14.6 Å². The Morgan fingerprint density at radius 2 is 1.69 bits per heavy atom. The van der Waals surface area contributed by atoms with E-state index < -0.39 is 29.7 Å². The third kappa shape index (κ3) is 4.62. The molecule has 0 radical (unpaired) electrons. The van der Waals surface area contributed by atoms with E-state index in [1.54, 1.807) is 43.3 Å². The molecule has 0 spiro atoms. The molecular weight excluding hydrogens is 442 g/mol. The molecule has 2 atom stereocenters. The summed E-state index contributed by atoms with van der Waals surface area (Å²) in [6.45, 7) is 3.53. The van der Waals surface area contributed by atoms with Gasteiger partial charge in [0.15, 0.2) is 5.41 Å². The van der Waals surface area contributed by atoms with Gasteiger partial charge < -0.3 is 9.47 Å². The number of rotatable bonds is 8. The Labute approximate surface area is 204 Å². The number of methoxy groups -OCH3 is 1. The molecule has 7 nitrogen and oxygen atoms in total. The highest BCUT2D eigenvalue weighted by Crippen LogP contribution is 2.47. The van der Waals surface area contributed by atoms with Crippen LogP contribution in [0.5, 0.6) is 0 Å². The van der Waals surface area contributed by atoms with E-state index in [1.165, 1.54) is 6.20 Å². The topological polar surface area (TPSA) is 113 Å². The minimum Gasteiger partial charge on any atom is -0.468 e. The summed E-state index contributed by atoms with van der Waals surface area (Å²) in [6.07, 6.45) is 1.01. The molecule has 0 bridgehead atoms. The van der Waals surface area contributed by atoms with E-state index in [0.717, 1.165) is 18.2 Å². The Balaban J connectivity index is 2.45. The molecule has 2 aromatic carbocycles. The van der Waals surface area contributed by atoms with Crippen molar-refractivity contribution in [2.45, 2.75) is 26.2 Å². The summed E-state index contributed by atoms with van der Waals surface area (Å²) in [5.74, 6) is -2.96. The van der Waals surface area contributed by atoms with Gasteiger partial charge in [-0.05, 0) is 36.6 Å². The minimum absolute atomic E-state index is 0.00764. The molecule has 0 N–H and O–H groups in total. The van der Waals surface area contributed by atoms with Crippen molar-refractivity contribution >= 4 is 11.9 Å². The SMILES string of the molecule is CCOC(=O)C(CC#N)(C(=O)OC)C(c1ccccc1)c1nccc(-c2ccccc2C)c1C#N. The van der Waals surface area contributed by atoms with Crippen LogP contribution in [0.3, 0.4) is 0 Å². The molecule has 0 amide bonds. The average molecular weight is 468 g/mol. The van der Waals surface area contributed by atoms with Crippen LogP contribution in [0.15, 0.2) is 66.9 Å². The molecule has 0 aliphatic heterocycles. The van der Waals surface area contributed by atoms with Gasteiger partial charge in [0.25, 0.3) is 0 Å². The Bertz CT molecular complexity index is 1310. The number of esters is 2. The van der Waals surface area contributed by atoms with E-state index in [4.69, 9.17) is 9.47 Å². The summed E-state index contributed by atoms with van der Waals surface area (Å²) in [4.78, 5) is 31.3. The van der Waals surface area contributed by atoms with Crippen molar-refractivity contribution in [1.29, 1.82) is 10.5 Å². The number of aryl methyl sites for hydroxylation is 1. The standard InChI is InChI=1S/C28H25N3O4/c1-4-35-27(33)28(15-16-29,26(32)34-3)24(20-11-6-5-7-12-20)25-23(18-30)22(14-17-31-25)21-13-9-8-10-19(21)2/h5-14,17,24H,4,15H2,1-3H3. The maximum atomic E-state index is 13.5. The number of ether oxygens (including phenoxy) is 2. The van der Waals surface area contributed by atoms with Crippen molar-refractivity contribution < 1.29 is 19.1 Å². The summed E-state index contributed by atoms with van der Waals surface area (Å²) in [6, 6.07) is 22.2. The highest BCUT2D eigenvalue weighted by atomic mass is 16.6. The van der Waals surface area contributed by atoms with E-state index in [-0.39, 0.29) is 17.9 Å². The Morgan fingerprint density at radius 1 is 1.00 bits per heavy atom. The molecule has 2 unspecified atom stereocenters. The second-order valence-electron chi connectivity index (χ2n) is 7.91. The van der Waals surface area contributed by atoms with E-state index >= 15 is 0 Å². The lowest BCUT2D eigenvalue weighted by atomic mass is 9.67. The van der Waals surface area contributed by atoms with Crippen molar-refractivity contribution in [3.05, 3.63) is 89.2 Å². The zero-order chi connectivity index (χ0) is 25.4. The van der Waals surface area contributed by atoms with Crippen LogP contribution in [0.4, 0.5) is 0 Å². The lowest BCUT2D eigenvalue weighted by Gasteiger charge is -2.35. The van der Waals surface area contributed by atoms with Crippen molar-refractivity contribution in [2.24, 2.45) is 5.41 Å². The monoisotopic (exact) mass is 467 g/mol. The number of aromatic nitrogens is 1. The van der Waals surface area contributed by atoms with Gasteiger partial charge in [0.1, 0.15) is 6.07 Å². The quantitative estimate of drug-likeness (QED) is 0.349. The van der Waals surface area contributed by atoms with Crippen molar-refractivity contribution in [2.75, 3.05) is 13.7 Å². The first-order valence-electron chi connectivity index (χ1n) is 11.1. The lowest BCUT2D eigenvalue weighted by molar-refractivity contribution is -0.171. The average Bonchev–Trinajstić information content (AvgIpc) is 2.88. The minimum atomic E-state index is -2.08. The molecular formula is C28H25N3O4. The zero-order valence-corrected chi connectivity index (χ0v) is 19.8. The van der Waals surface area contributed by atoms with Crippen LogP contribution in [-0.2, 0) is 19.1 Å². The second-order valence-corrected chi connectivity index (χ2v) is 7.91. The molecule has 1 heterocycles. The van der Waals surface area contributed by atoms with Gasteiger partial charge in [0.2, 0.25) is 0 Å². The molecule has 0 aliphatic carbocycles. The predicted molar refractivity (Wildman–Crippen MR) is 129 cm³/mol. The number of carbonyl (C=O) groups is 2. The highest BCUT2D eigenvalue weighted by Gasteiger charge is 2.57. The van der Waals surface area contributed by atoms with Crippen LogP contribution in [0, 0.1) is 35.0 Å². The molecule has 0 saturated heterocycles. The van der Waals surface area contributed by atoms with E-state index in [9.17, 15) is 20.1 Å². The molecule has 35 heavy (non-hydrogen) atoms. The van der Waals surface area contributed by atoms with Gasteiger partial charge in [-0.25, -0.2) is 0 Å². The van der Waals surface area contributed by atoms with Gasteiger partial charge >= 0.3 is 11.9 Å². The van der Waals surface area contributed by atoms with Crippen LogP contribution >= 0.6 is 0 Å². The molecule has 3 rings (SSSR count). The highest BCUT2D eigenvalue weighted by molar-refractivity contribution is 6.02. The summed E-state index contributed by atoms with van der Waals surface area (Å²) in [5, 5.41) is 20.0. The first-order valence-corrected chi connectivity index (χ1v) is 11.1. The molecule has 0 saturated carbocycles. The third-order valence-electron chi connectivity index (χ3n) is 5.97. The van der Waals surface area contributed by atoms with Crippen LogP contribution in [-0.4, -0.2) is 30.6 Å². The van der Waals surface area contributed by atoms with Gasteiger partial charge in [0, 0.05) is 11.8 Å². The fourth-order valence-corrected chi connectivity index (χ4v) is 4.37. The number of benzene rings is 2. The molecule has 7 heteroatoms. The third-order valence-corrected chi connectivity index (χ3v) is 5.97. The molecule has 0 fully saturated rings. The summed E-state index contributed by atoms with van der Waals surface area (Å²) in [7, 11) is 1.15. The van der Waals surface area contributed by atoms with Gasteiger partial charge in [0.05, 0.1) is 43.4 Å². The summed E-state index contributed by atoms with van der Waals surface area (Å²) in [5.41, 5.74) is 1.20. The van der Waals surface area contributed by atoms with Crippen LogP contribution in [0.25, 0.3) is 11.1 Å². The number of hydrogen-bond acceptors (Lipinski definition) is 7. The first-order chi connectivity index (χ1) is 17.0. The smallest absolute Gasteiger partial charge is 0.325 e. The normalized spacial score (nSPS) is 12.9. The van der Waals surface area contributed by atoms with E-state index in [2.05, 4.69) is 11.1 Å². The number of nitrogens with zero attached hydrogens (tertiary/aromatic N) is 3. The van der Waals surface area contributed by atoms with Crippen molar-refractivity contribution in [3.8, 4) is 23.3 Å². The van der Waals surface area contributed by atoms with Crippen molar-refractivity contribution in [1.82, 2.24) is 4.98 Å². The summed E-state index contributed by atoms with van der Waals surface area (Å²) >= 11 is 0. The number of hydrogen-bond donors (Lipinski definition) is 0. The maximum absolute atomic E-state index is 13.5. The zero-order valence-electron chi connectivity index (χ0n) is 19.8. The molecule has 176 valence electrons. The number of pyridine rings is 1. The van der Waals surface area contributed by atoms with E-state index in [1.807, 2.05) is 37.3 Å². The lowest BCUT2D eigenvalue weighted by Crippen LogP contribution is -2.47. The first kappa shape index (κ1) is 25.1. The molecule has 1 aromatic heterocycles. The predicted octanol–water partition coefficient (Wildman–Crippen LogP) is 4.70. The Morgan fingerprint density at radius 3 is 2.29 bits per heavy atom. The van der Waals surface area contributed by atoms with Gasteiger partial charge in [-0.15, -0.1) is 0 Å². The summed E-state index contributed by atoms with van der Waals surface area (Å²) < 4.78 is 10.4. The molecule has 0 aliphatic rings. The largest absolute Gasteiger partial charge is 0.468 e. The number of carbonyl (C=O) groups excluding carboxylic acids is 2. The van der Waals surface area contributed by atoms with Crippen molar-refractivity contribution in [3.63, 3.8) is 0 Å². The fraction of sp³-hybridized carbons (Fsp3) is 0.250. The number of nitriles is 2. The fourth-order valence-electron chi connectivity index (χ4n) is 4.37.